The number of nitrogens with zero attached hydrogens (tertiary/aromatic N) is 3. The van der Waals surface area contributed by atoms with Crippen LogP contribution in [0.25, 0.3) is 11.3 Å². The molecule has 1 fully saturated rings. The van der Waals surface area contributed by atoms with Gasteiger partial charge in [0.25, 0.3) is 0 Å². The molecule has 4 heteroatoms. The van der Waals surface area contributed by atoms with Gasteiger partial charge in [-0.15, -0.1) is 0 Å². The quantitative estimate of drug-likeness (QED) is 0.881. The number of hydrogen-bond donors (Lipinski definition) is 1. The fourth-order valence-electron chi connectivity index (χ4n) is 2.94. The molecule has 1 saturated carbocycles. The van der Waals surface area contributed by atoms with Gasteiger partial charge in [0.05, 0.1) is 18.2 Å². The Labute approximate surface area is 107 Å². The average Bonchev–Trinajstić information content (AvgIpc) is 2.98. The van der Waals surface area contributed by atoms with Crippen LogP contribution in [0.3, 0.4) is 0 Å². The molecule has 2 N–H and O–H groups in total. The Hall–Kier alpha value is -1.84. The Morgan fingerprint density at radius 1 is 1.28 bits per heavy atom. The fourth-order valence-corrected chi connectivity index (χ4v) is 2.94. The molecule has 2 aromatic rings. The van der Waals surface area contributed by atoms with Crippen molar-refractivity contribution in [3.05, 3.63) is 31.0 Å². The molecule has 0 spiro atoms. The van der Waals surface area contributed by atoms with E-state index in [-0.39, 0.29) is 0 Å². The van der Waals surface area contributed by atoms with Gasteiger partial charge in [-0.3, -0.25) is 4.98 Å². The Bertz CT molecular complexity index is 546. The molecule has 4 nitrogen and oxygen atoms in total. The predicted molar refractivity (Wildman–Crippen MR) is 71.9 cm³/mol. The molecule has 2 aromatic heterocycles. The first-order chi connectivity index (χ1) is 8.77. The van der Waals surface area contributed by atoms with E-state index in [1.165, 1.54) is 19.3 Å². The molecule has 0 bridgehead atoms. The minimum atomic E-state index is 0.544. The van der Waals surface area contributed by atoms with Gasteiger partial charge < -0.3 is 10.3 Å². The summed E-state index contributed by atoms with van der Waals surface area (Å²) < 4.78 is 2.27. The number of nitrogens with two attached hydrogens (primary N) is 1. The van der Waals surface area contributed by atoms with Crippen LogP contribution in [-0.4, -0.2) is 14.5 Å². The van der Waals surface area contributed by atoms with Crippen molar-refractivity contribution < 1.29 is 0 Å². The highest BCUT2D eigenvalue weighted by Gasteiger charge is 2.26. The van der Waals surface area contributed by atoms with Gasteiger partial charge in [-0.2, -0.15) is 0 Å². The lowest BCUT2D eigenvalue weighted by molar-refractivity contribution is 0.410. The van der Waals surface area contributed by atoms with Gasteiger partial charge in [0.15, 0.2) is 0 Å². The number of hydrogen-bond acceptors (Lipinski definition) is 3. The molecule has 18 heavy (non-hydrogen) atoms. The van der Waals surface area contributed by atoms with E-state index in [4.69, 9.17) is 5.73 Å². The van der Waals surface area contributed by atoms with Gasteiger partial charge in [0, 0.05) is 29.7 Å². The van der Waals surface area contributed by atoms with Crippen LogP contribution in [0.2, 0.25) is 0 Å². The largest absolute Gasteiger partial charge is 0.398 e. The maximum atomic E-state index is 6.03. The Kier molecular flexibility index (Phi) is 2.78. The summed E-state index contributed by atoms with van der Waals surface area (Å²) in [5, 5.41) is 0. The van der Waals surface area contributed by atoms with E-state index in [2.05, 4.69) is 21.5 Å². The number of anilines is 1. The van der Waals surface area contributed by atoms with Gasteiger partial charge in [-0.1, -0.05) is 13.3 Å². The van der Waals surface area contributed by atoms with Crippen LogP contribution in [0.1, 0.15) is 32.2 Å². The first-order valence-corrected chi connectivity index (χ1v) is 6.49. The van der Waals surface area contributed by atoms with Crippen molar-refractivity contribution in [2.45, 2.75) is 32.2 Å². The SMILES string of the molecule is CC1CCCC1n1cncc1-c1cnccc1N. The zero-order chi connectivity index (χ0) is 12.5. The van der Waals surface area contributed by atoms with Crippen LogP contribution in [0.15, 0.2) is 31.0 Å². The molecule has 94 valence electrons. The van der Waals surface area contributed by atoms with Gasteiger partial charge in [-0.05, 0) is 24.8 Å². The van der Waals surface area contributed by atoms with Gasteiger partial charge in [-0.25, -0.2) is 4.98 Å². The highest BCUT2D eigenvalue weighted by atomic mass is 15.1. The number of imidazole rings is 1. The minimum Gasteiger partial charge on any atom is -0.398 e. The van der Waals surface area contributed by atoms with Crippen molar-refractivity contribution in [1.29, 1.82) is 0 Å². The second kappa shape index (κ2) is 4.44. The summed E-state index contributed by atoms with van der Waals surface area (Å²) in [6, 6.07) is 2.38. The Balaban J connectivity index is 2.04. The third-order valence-electron chi connectivity index (χ3n) is 3.97. The van der Waals surface area contributed by atoms with Crippen LogP contribution in [-0.2, 0) is 0 Å². The van der Waals surface area contributed by atoms with Crippen molar-refractivity contribution in [2.75, 3.05) is 5.73 Å². The van der Waals surface area contributed by atoms with Gasteiger partial charge in [0.1, 0.15) is 0 Å². The summed E-state index contributed by atoms with van der Waals surface area (Å²) in [7, 11) is 0. The molecule has 0 aromatic carbocycles. The van der Waals surface area contributed by atoms with Crippen molar-refractivity contribution in [2.24, 2.45) is 5.92 Å². The number of nitrogen functional groups attached to an aromatic ring is 1. The third kappa shape index (κ3) is 1.78. The summed E-state index contributed by atoms with van der Waals surface area (Å²) >= 11 is 0. The zero-order valence-corrected chi connectivity index (χ0v) is 10.6. The van der Waals surface area contributed by atoms with Gasteiger partial charge >= 0.3 is 0 Å². The van der Waals surface area contributed by atoms with E-state index in [0.29, 0.717) is 12.0 Å². The smallest absolute Gasteiger partial charge is 0.0953 e. The molecule has 2 atom stereocenters. The van der Waals surface area contributed by atoms with E-state index in [9.17, 15) is 0 Å². The number of rotatable bonds is 2. The van der Waals surface area contributed by atoms with Gasteiger partial charge in [0.2, 0.25) is 0 Å². The first-order valence-electron chi connectivity index (χ1n) is 6.49. The maximum absolute atomic E-state index is 6.03. The summed E-state index contributed by atoms with van der Waals surface area (Å²) in [6.45, 7) is 2.31. The Morgan fingerprint density at radius 2 is 2.17 bits per heavy atom. The van der Waals surface area contributed by atoms with Crippen LogP contribution >= 0.6 is 0 Å². The molecular weight excluding hydrogens is 224 g/mol. The molecule has 2 unspecified atom stereocenters. The van der Waals surface area contributed by atoms with Crippen molar-refractivity contribution in [1.82, 2.24) is 14.5 Å². The van der Waals surface area contributed by atoms with Crippen molar-refractivity contribution in [3.63, 3.8) is 0 Å². The van der Waals surface area contributed by atoms with Crippen LogP contribution < -0.4 is 5.73 Å². The molecular formula is C14H18N4. The third-order valence-corrected chi connectivity index (χ3v) is 3.97. The topological polar surface area (TPSA) is 56.7 Å². The van der Waals surface area contributed by atoms with Crippen LogP contribution in [0, 0.1) is 5.92 Å². The van der Waals surface area contributed by atoms with E-state index in [1.807, 2.05) is 24.8 Å². The van der Waals surface area contributed by atoms with E-state index in [1.54, 1.807) is 6.20 Å². The molecule has 2 heterocycles. The summed E-state index contributed by atoms with van der Waals surface area (Å²) in [6.07, 6.45) is 11.2. The van der Waals surface area contributed by atoms with Crippen LogP contribution in [0.5, 0.6) is 0 Å². The Morgan fingerprint density at radius 3 is 2.89 bits per heavy atom. The molecule has 1 aliphatic carbocycles. The molecule has 0 amide bonds. The van der Waals surface area contributed by atoms with E-state index in [0.717, 1.165) is 16.9 Å². The lowest BCUT2D eigenvalue weighted by atomic mass is 10.1. The van der Waals surface area contributed by atoms with E-state index < -0.39 is 0 Å². The lowest BCUT2D eigenvalue weighted by Crippen LogP contribution is -2.12. The summed E-state index contributed by atoms with van der Waals surface area (Å²) in [4.78, 5) is 8.47. The molecule has 0 aliphatic heterocycles. The minimum absolute atomic E-state index is 0.544. The monoisotopic (exact) mass is 242 g/mol. The summed E-state index contributed by atoms with van der Waals surface area (Å²) in [5.74, 6) is 0.704. The maximum Gasteiger partial charge on any atom is 0.0953 e. The molecule has 1 aliphatic rings. The van der Waals surface area contributed by atoms with Crippen LogP contribution in [0.4, 0.5) is 5.69 Å². The highest BCUT2D eigenvalue weighted by molar-refractivity contribution is 5.72. The molecule has 0 saturated heterocycles. The highest BCUT2D eigenvalue weighted by Crippen LogP contribution is 2.38. The number of pyridine rings is 1. The van der Waals surface area contributed by atoms with Crippen molar-refractivity contribution >= 4 is 5.69 Å². The average molecular weight is 242 g/mol. The normalized spacial score (nSPS) is 23.4. The fraction of sp³-hybridized carbons (Fsp3) is 0.429. The second-order valence-electron chi connectivity index (χ2n) is 5.12. The van der Waals surface area contributed by atoms with Crippen molar-refractivity contribution in [3.8, 4) is 11.3 Å². The number of aromatic nitrogens is 3. The second-order valence-corrected chi connectivity index (χ2v) is 5.12. The summed E-state index contributed by atoms with van der Waals surface area (Å²) in [5.41, 5.74) is 8.86. The first kappa shape index (κ1) is 11.3. The molecule has 0 radical (unpaired) electrons. The zero-order valence-electron chi connectivity index (χ0n) is 10.6. The lowest BCUT2D eigenvalue weighted by Gasteiger charge is -2.20. The molecule has 3 rings (SSSR count). The predicted octanol–water partition coefficient (Wildman–Crippen LogP) is 2.89. The standard InChI is InChI=1S/C14H18N4/c1-10-3-2-4-13(10)18-9-17-8-14(18)11-7-16-6-5-12(11)15/h5-10,13H,2-4H2,1H3,(H2,15,16). The van der Waals surface area contributed by atoms with E-state index >= 15 is 0 Å².